The molecule has 0 atom stereocenters. The van der Waals surface area contributed by atoms with Crippen LogP contribution in [0.2, 0.25) is 0 Å². The molecule has 0 bridgehead atoms. The van der Waals surface area contributed by atoms with Crippen molar-refractivity contribution in [2.75, 3.05) is 13.7 Å². The van der Waals surface area contributed by atoms with Crippen LogP contribution in [-0.2, 0) is 16.8 Å². The monoisotopic (exact) mass is 327 g/mol. The Hall–Kier alpha value is -2.49. The molecule has 0 radical (unpaired) electrons. The molecule has 1 N–H and O–H groups in total. The van der Waals surface area contributed by atoms with Gasteiger partial charge in [-0.1, -0.05) is 57.2 Å². The van der Waals surface area contributed by atoms with E-state index in [-0.39, 0.29) is 17.9 Å². The number of hydrogen-bond acceptors (Lipinski definition) is 3. The summed E-state index contributed by atoms with van der Waals surface area (Å²) in [6, 6.07) is 15.4. The van der Waals surface area contributed by atoms with Crippen molar-refractivity contribution >= 4 is 5.91 Å². The smallest absolute Gasteiger partial charge is 0.258 e. The molecule has 4 nitrogen and oxygen atoms in total. The fraction of sp³-hybridized carbons (Fsp3) is 0.350. The standard InChI is InChI=1S/C20H25NO3/c1-20(2,3)16-10-6-8-12-18(16)24-14-19(22)21-13-15-9-5-7-11-17(15)23-4/h5-12H,13-14H2,1-4H3,(H,21,22). The summed E-state index contributed by atoms with van der Waals surface area (Å²) in [7, 11) is 1.62. The van der Waals surface area contributed by atoms with Crippen LogP contribution in [0.25, 0.3) is 0 Å². The van der Waals surface area contributed by atoms with Gasteiger partial charge in [-0.3, -0.25) is 4.79 Å². The Morgan fingerprint density at radius 2 is 1.62 bits per heavy atom. The van der Waals surface area contributed by atoms with E-state index in [1.807, 2.05) is 48.5 Å². The maximum absolute atomic E-state index is 12.1. The van der Waals surface area contributed by atoms with Crippen molar-refractivity contribution in [1.29, 1.82) is 0 Å². The van der Waals surface area contributed by atoms with Crippen LogP contribution in [0.15, 0.2) is 48.5 Å². The fourth-order valence-corrected chi connectivity index (χ4v) is 2.45. The molecule has 0 aliphatic heterocycles. The lowest BCUT2D eigenvalue weighted by molar-refractivity contribution is -0.123. The molecule has 0 aromatic heterocycles. The van der Waals surface area contributed by atoms with Gasteiger partial charge in [-0.05, 0) is 23.1 Å². The average molecular weight is 327 g/mol. The van der Waals surface area contributed by atoms with Crippen molar-refractivity contribution in [2.45, 2.75) is 32.7 Å². The van der Waals surface area contributed by atoms with Gasteiger partial charge >= 0.3 is 0 Å². The van der Waals surface area contributed by atoms with Crippen LogP contribution in [0.4, 0.5) is 0 Å². The van der Waals surface area contributed by atoms with E-state index in [1.54, 1.807) is 7.11 Å². The third-order valence-electron chi connectivity index (χ3n) is 3.72. The number of amides is 1. The van der Waals surface area contributed by atoms with Crippen molar-refractivity contribution < 1.29 is 14.3 Å². The second-order valence-corrected chi connectivity index (χ2v) is 6.62. The van der Waals surface area contributed by atoms with Gasteiger partial charge in [0.15, 0.2) is 6.61 Å². The molecule has 0 aliphatic carbocycles. The number of carbonyl (C=O) groups is 1. The van der Waals surface area contributed by atoms with E-state index < -0.39 is 0 Å². The molecule has 0 spiro atoms. The van der Waals surface area contributed by atoms with Gasteiger partial charge in [0.25, 0.3) is 5.91 Å². The van der Waals surface area contributed by atoms with Crippen LogP contribution in [0.1, 0.15) is 31.9 Å². The summed E-state index contributed by atoms with van der Waals surface area (Å²) >= 11 is 0. The van der Waals surface area contributed by atoms with Crippen LogP contribution < -0.4 is 14.8 Å². The van der Waals surface area contributed by atoms with Crippen molar-refractivity contribution in [1.82, 2.24) is 5.32 Å². The van der Waals surface area contributed by atoms with E-state index >= 15 is 0 Å². The average Bonchev–Trinajstić information content (AvgIpc) is 2.57. The predicted molar refractivity (Wildman–Crippen MR) is 95.5 cm³/mol. The zero-order chi connectivity index (χ0) is 17.6. The Morgan fingerprint density at radius 1 is 1.00 bits per heavy atom. The molecule has 2 aromatic carbocycles. The van der Waals surface area contributed by atoms with Crippen LogP contribution in [-0.4, -0.2) is 19.6 Å². The third-order valence-corrected chi connectivity index (χ3v) is 3.72. The summed E-state index contributed by atoms with van der Waals surface area (Å²) in [6.07, 6.45) is 0. The van der Waals surface area contributed by atoms with Crippen LogP contribution in [0.5, 0.6) is 11.5 Å². The van der Waals surface area contributed by atoms with Crippen molar-refractivity contribution in [3.8, 4) is 11.5 Å². The quantitative estimate of drug-likeness (QED) is 0.880. The molecule has 0 saturated carbocycles. The van der Waals surface area contributed by atoms with Gasteiger partial charge in [0.1, 0.15) is 11.5 Å². The molecule has 0 unspecified atom stereocenters. The van der Waals surface area contributed by atoms with E-state index in [4.69, 9.17) is 9.47 Å². The number of ether oxygens (including phenoxy) is 2. The molecular weight excluding hydrogens is 302 g/mol. The van der Waals surface area contributed by atoms with Crippen molar-refractivity contribution in [2.24, 2.45) is 0 Å². The number of methoxy groups -OCH3 is 1. The number of rotatable bonds is 6. The molecule has 2 aromatic rings. The van der Waals surface area contributed by atoms with E-state index in [2.05, 4.69) is 26.1 Å². The highest BCUT2D eigenvalue weighted by molar-refractivity contribution is 5.77. The van der Waals surface area contributed by atoms with Gasteiger partial charge in [-0.2, -0.15) is 0 Å². The van der Waals surface area contributed by atoms with Gasteiger partial charge in [0.05, 0.1) is 7.11 Å². The lowest BCUT2D eigenvalue weighted by Gasteiger charge is -2.22. The Kier molecular flexibility index (Phi) is 5.85. The largest absolute Gasteiger partial charge is 0.496 e. The first-order valence-corrected chi connectivity index (χ1v) is 8.02. The molecular formula is C20H25NO3. The fourth-order valence-electron chi connectivity index (χ4n) is 2.45. The maximum Gasteiger partial charge on any atom is 0.258 e. The molecule has 4 heteroatoms. The van der Waals surface area contributed by atoms with Crippen molar-refractivity contribution in [3.63, 3.8) is 0 Å². The Bertz CT molecular complexity index is 689. The van der Waals surface area contributed by atoms with Gasteiger partial charge in [0, 0.05) is 12.1 Å². The number of carbonyl (C=O) groups excluding carboxylic acids is 1. The second-order valence-electron chi connectivity index (χ2n) is 6.62. The van der Waals surface area contributed by atoms with Crippen LogP contribution >= 0.6 is 0 Å². The van der Waals surface area contributed by atoms with Gasteiger partial charge in [-0.15, -0.1) is 0 Å². The normalized spacial score (nSPS) is 11.0. The first kappa shape index (κ1) is 17.9. The number of hydrogen-bond donors (Lipinski definition) is 1. The molecule has 128 valence electrons. The summed E-state index contributed by atoms with van der Waals surface area (Å²) in [6.45, 7) is 6.76. The lowest BCUT2D eigenvalue weighted by Crippen LogP contribution is -2.29. The molecule has 0 saturated heterocycles. The zero-order valence-electron chi connectivity index (χ0n) is 14.8. The third kappa shape index (κ3) is 4.75. The zero-order valence-corrected chi connectivity index (χ0v) is 14.8. The summed E-state index contributed by atoms with van der Waals surface area (Å²) in [5, 5.41) is 2.86. The summed E-state index contributed by atoms with van der Waals surface area (Å²) in [5.41, 5.74) is 1.98. The Balaban J connectivity index is 1.93. The molecule has 2 rings (SSSR count). The highest BCUT2D eigenvalue weighted by atomic mass is 16.5. The number of para-hydroxylation sites is 2. The van der Waals surface area contributed by atoms with E-state index in [1.165, 1.54) is 0 Å². The first-order valence-electron chi connectivity index (χ1n) is 8.02. The summed E-state index contributed by atoms with van der Waals surface area (Å²) in [5.74, 6) is 1.35. The van der Waals surface area contributed by atoms with Crippen LogP contribution in [0, 0.1) is 0 Å². The van der Waals surface area contributed by atoms with Crippen molar-refractivity contribution in [3.05, 3.63) is 59.7 Å². The second kappa shape index (κ2) is 7.86. The summed E-state index contributed by atoms with van der Waals surface area (Å²) < 4.78 is 11.0. The molecule has 1 amide bonds. The highest BCUT2D eigenvalue weighted by Gasteiger charge is 2.18. The number of benzene rings is 2. The van der Waals surface area contributed by atoms with E-state index in [0.717, 1.165) is 22.6 Å². The van der Waals surface area contributed by atoms with Gasteiger partial charge < -0.3 is 14.8 Å². The highest BCUT2D eigenvalue weighted by Crippen LogP contribution is 2.30. The minimum absolute atomic E-state index is 0.0117. The van der Waals surface area contributed by atoms with Crippen LogP contribution in [0.3, 0.4) is 0 Å². The minimum atomic E-state index is -0.162. The Labute approximate surface area is 143 Å². The topological polar surface area (TPSA) is 47.6 Å². The van der Waals surface area contributed by atoms with E-state index in [9.17, 15) is 4.79 Å². The Morgan fingerprint density at radius 3 is 2.29 bits per heavy atom. The summed E-state index contributed by atoms with van der Waals surface area (Å²) in [4.78, 5) is 12.1. The first-order chi connectivity index (χ1) is 11.4. The molecule has 0 heterocycles. The van der Waals surface area contributed by atoms with Gasteiger partial charge in [0.2, 0.25) is 0 Å². The maximum atomic E-state index is 12.1. The molecule has 24 heavy (non-hydrogen) atoms. The molecule has 0 fully saturated rings. The van der Waals surface area contributed by atoms with E-state index in [0.29, 0.717) is 6.54 Å². The number of nitrogens with one attached hydrogen (secondary N) is 1. The van der Waals surface area contributed by atoms with Gasteiger partial charge in [-0.25, -0.2) is 0 Å². The predicted octanol–water partition coefficient (Wildman–Crippen LogP) is 3.69. The molecule has 0 aliphatic rings. The minimum Gasteiger partial charge on any atom is -0.496 e. The SMILES string of the molecule is COc1ccccc1CNC(=O)COc1ccccc1C(C)(C)C. The lowest BCUT2D eigenvalue weighted by atomic mass is 9.86.